The third kappa shape index (κ3) is 4.33. The molecule has 0 bridgehead atoms. The van der Waals surface area contributed by atoms with E-state index in [1.54, 1.807) is 11.3 Å². The Hall–Kier alpha value is -2.41. The van der Waals surface area contributed by atoms with E-state index in [0.29, 0.717) is 6.04 Å². The number of nitrogens with one attached hydrogen (secondary N) is 1. The molecule has 5 rings (SSSR count). The van der Waals surface area contributed by atoms with Crippen LogP contribution in [-0.2, 0) is 4.79 Å². The summed E-state index contributed by atoms with van der Waals surface area (Å²) in [5, 5.41) is 9.08. The van der Waals surface area contributed by atoms with E-state index in [1.165, 1.54) is 25.7 Å². The van der Waals surface area contributed by atoms with Crippen LogP contribution < -0.4 is 10.2 Å². The second kappa shape index (κ2) is 8.99. The second-order valence-corrected chi connectivity index (χ2v) is 9.94. The highest BCUT2D eigenvalue weighted by Gasteiger charge is 2.29. The monoisotopic (exact) mass is 437 g/mol. The molecule has 0 radical (unpaired) electrons. The van der Waals surface area contributed by atoms with Crippen LogP contribution in [0.3, 0.4) is 0 Å². The van der Waals surface area contributed by atoms with Crippen LogP contribution in [0.2, 0.25) is 0 Å². The van der Waals surface area contributed by atoms with E-state index < -0.39 is 0 Å². The van der Waals surface area contributed by atoms with E-state index in [1.807, 2.05) is 29.8 Å². The van der Waals surface area contributed by atoms with Gasteiger partial charge in [-0.05, 0) is 44.7 Å². The topological polar surface area (TPSA) is 63.1 Å². The van der Waals surface area contributed by atoms with Crippen LogP contribution in [0.25, 0.3) is 16.0 Å². The molecule has 1 amide bonds. The highest BCUT2D eigenvalue weighted by molar-refractivity contribution is 7.22. The van der Waals surface area contributed by atoms with E-state index in [9.17, 15) is 4.79 Å². The van der Waals surface area contributed by atoms with E-state index >= 15 is 0 Å². The molecular weight excluding hydrogens is 406 g/mol. The summed E-state index contributed by atoms with van der Waals surface area (Å²) in [7, 11) is 0. The number of aryl methyl sites for hydroxylation is 1. The maximum atomic E-state index is 13.0. The Kier molecular flexibility index (Phi) is 5.94. The Morgan fingerprint density at radius 2 is 1.84 bits per heavy atom. The minimum absolute atomic E-state index is 0.0516. The number of carbonyl (C=O) groups is 1. The smallest absolute Gasteiger partial charge is 0.225 e. The number of hydrogen-bond donors (Lipinski definition) is 1. The first-order chi connectivity index (χ1) is 15.2. The maximum absolute atomic E-state index is 13.0. The molecule has 1 saturated heterocycles. The molecule has 3 heterocycles. The van der Waals surface area contributed by atoms with Crippen LogP contribution in [0.5, 0.6) is 0 Å². The number of para-hydroxylation sites is 1. The van der Waals surface area contributed by atoms with Crippen molar-refractivity contribution in [2.75, 3.05) is 18.0 Å². The van der Waals surface area contributed by atoms with Gasteiger partial charge in [0.15, 0.2) is 10.8 Å². The number of amides is 1. The predicted molar refractivity (Wildman–Crippen MR) is 126 cm³/mol. The Bertz CT molecular complexity index is 1040. The van der Waals surface area contributed by atoms with Crippen molar-refractivity contribution >= 4 is 32.7 Å². The SMILES string of the molecule is Cc1nn(-c2ccccc2)c2nc(N3CCC[C@H](C(=O)NC4CCCCCC4)C3)sc12. The van der Waals surface area contributed by atoms with Crippen molar-refractivity contribution in [3.8, 4) is 5.69 Å². The molecule has 7 heteroatoms. The number of rotatable bonds is 4. The van der Waals surface area contributed by atoms with Crippen molar-refractivity contribution in [3.63, 3.8) is 0 Å². The summed E-state index contributed by atoms with van der Waals surface area (Å²) in [6.07, 6.45) is 9.36. The first-order valence-electron chi connectivity index (χ1n) is 11.7. The molecule has 3 aromatic rings. The minimum Gasteiger partial charge on any atom is -0.353 e. The molecule has 2 aromatic heterocycles. The Morgan fingerprint density at radius 3 is 2.61 bits per heavy atom. The van der Waals surface area contributed by atoms with Crippen molar-refractivity contribution in [1.82, 2.24) is 20.1 Å². The lowest BCUT2D eigenvalue weighted by molar-refractivity contribution is -0.126. The molecule has 1 aliphatic carbocycles. The fourth-order valence-corrected chi connectivity index (χ4v) is 5.94. The van der Waals surface area contributed by atoms with Gasteiger partial charge in [-0.1, -0.05) is 55.2 Å². The van der Waals surface area contributed by atoms with Crippen molar-refractivity contribution in [2.45, 2.75) is 64.3 Å². The predicted octanol–water partition coefficient (Wildman–Crippen LogP) is 4.85. The highest BCUT2D eigenvalue weighted by atomic mass is 32.1. The maximum Gasteiger partial charge on any atom is 0.225 e. The van der Waals surface area contributed by atoms with Crippen molar-refractivity contribution in [2.24, 2.45) is 5.92 Å². The Balaban J connectivity index is 1.32. The molecule has 0 unspecified atom stereocenters. The molecule has 2 aliphatic rings. The summed E-state index contributed by atoms with van der Waals surface area (Å²) in [6.45, 7) is 3.76. The quantitative estimate of drug-likeness (QED) is 0.593. The number of aromatic nitrogens is 3. The van der Waals surface area contributed by atoms with Crippen molar-refractivity contribution in [3.05, 3.63) is 36.0 Å². The number of carbonyl (C=O) groups excluding carboxylic acids is 1. The number of fused-ring (bicyclic) bond motifs is 1. The number of anilines is 1. The van der Waals surface area contributed by atoms with Gasteiger partial charge in [-0.3, -0.25) is 4.79 Å². The van der Waals surface area contributed by atoms with Crippen LogP contribution >= 0.6 is 11.3 Å². The van der Waals surface area contributed by atoms with E-state index in [-0.39, 0.29) is 11.8 Å². The van der Waals surface area contributed by atoms with Gasteiger partial charge in [-0.25, -0.2) is 4.68 Å². The number of hydrogen-bond acceptors (Lipinski definition) is 5. The zero-order valence-electron chi connectivity index (χ0n) is 18.2. The van der Waals surface area contributed by atoms with Gasteiger partial charge in [0.05, 0.1) is 22.0 Å². The summed E-state index contributed by atoms with van der Waals surface area (Å²) in [6, 6.07) is 10.5. The van der Waals surface area contributed by atoms with Crippen molar-refractivity contribution < 1.29 is 4.79 Å². The molecule has 2 fully saturated rings. The molecule has 164 valence electrons. The minimum atomic E-state index is 0.0516. The third-order valence-electron chi connectivity index (χ3n) is 6.64. The number of thiazole rings is 1. The fraction of sp³-hybridized carbons (Fsp3) is 0.542. The zero-order chi connectivity index (χ0) is 21.2. The Morgan fingerprint density at radius 1 is 1.06 bits per heavy atom. The molecule has 1 N–H and O–H groups in total. The molecule has 1 atom stereocenters. The number of piperidine rings is 1. The zero-order valence-corrected chi connectivity index (χ0v) is 19.0. The fourth-order valence-electron chi connectivity index (χ4n) is 4.92. The lowest BCUT2D eigenvalue weighted by Crippen LogP contribution is -2.46. The summed E-state index contributed by atoms with van der Waals surface area (Å²) < 4.78 is 3.06. The average Bonchev–Trinajstić information content (AvgIpc) is 3.26. The van der Waals surface area contributed by atoms with Gasteiger partial charge < -0.3 is 10.2 Å². The molecule has 31 heavy (non-hydrogen) atoms. The summed E-state index contributed by atoms with van der Waals surface area (Å²) in [5.74, 6) is 0.292. The molecule has 6 nitrogen and oxygen atoms in total. The van der Waals surface area contributed by atoms with E-state index in [0.717, 1.165) is 65.6 Å². The molecule has 1 saturated carbocycles. The first-order valence-corrected chi connectivity index (χ1v) is 12.5. The van der Waals surface area contributed by atoms with Crippen LogP contribution in [-0.4, -0.2) is 39.8 Å². The number of nitrogens with zero attached hydrogens (tertiary/aromatic N) is 4. The van der Waals surface area contributed by atoms with Crippen LogP contribution in [0, 0.1) is 12.8 Å². The lowest BCUT2D eigenvalue weighted by Gasteiger charge is -2.32. The molecule has 0 spiro atoms. The van der Waals surface area contributed by atoms with E-state index in [4.69, 9.17) is 10.1 Å². The van der Waals surface area contributed by atoms with Gasteiger partial charge in [0, 0.05) is 19.1 Å². The molecule has 1 aliphatic heterocycles. The van der Waals surface area contributed by atoms with E-state index in [2.05, 4.69) is 22.3 Å². The highest BCUT2D eigenvalue weighted by Crippen LogP contribution is 2.34. The van der Waals surface area contributed by atoms with Gasteiger partial charge in [0.1, 0.15) is 0 Å². The second-order valence-electron chi connectivity index (χ2n) is 8.96. The summed E-state index contributed by atoms with van der Waals surface area (Å²) >= 11 is 1.70. The Labute approximate surface area is 187 Å². The largest absolute Gasteiger partial charge is 0.353 e. The first kappa shape index (κ1) is 20.5. The van der Waals surface area contributed by atoms with Gasteiger partial charge in [-0.15, -0.1) is 0 Å². The standard InChI is InChI=1S/C24H31N5OS/c1-17-21-22(29(27-17)20-13-7-4-8-14-20)26-24(31-21)28-15-9-10-18(16-28)23(30)25-19-11-5-2-3-6-12-19/h4,7-8,13-14,18-19H,2-3,5-6,9-12,15-16H2,1H3,(H,25,30)/t18-/m0/s1. The lowest BCUT2D eigenvalue weighted by atomic mass is 9.96. The van der Waals surface area contributed by atoms with Crippen LogP contribution in [0.1, 0.15) is 57.1 Å². The van der Waals surface area contributed by atoms with Crippen LogP contribution in [0.15, 0.2) is 30.3 Å². The summed E-state index contributed by atoms with van der Waals surface area (Å²) in [5.41, 5.74) is 2.94. The number of benzene rings is 1. The van der Waals surface area contributed by atoms with Crippen LogP contribution in [0.4, 0.5) is 5.13 Å². The van der Waals surface area contributed by atoms with Gasteiger partial charge in [-0.2, -0.15) is 10.1 Å². The average molecular weight is 438 g/mol. The normalized spacial score (nSPS) is 20.7. The summed E-state index contributed by atoms with van der Waals surface area (Å²) in [4.78, 5) is 20.3. The van der Waals surface area contributed by atoms with Gasteiger partial charge in [0.2, 0.25) is 5.91 Å². The molecule has 1 aromatic carbocycles. The van der Waals surface area contributed by atoms with Gasteiger partial charge in [0.25, 0.3) is 0 Å². The van der Waals surface area contributed by atoms with Gasteiger partial charge >= 0.3 is 0 Å². The van der Waals surface area contributed by atoms with Crippen molar-refractivity contribution in [1.29, 1.82) is 0 Å². The molecular formula is C24H31N5OS. The third-order valence-corrected chi connectivity index (χ3v) is 7.86.